The number of hydrogen-bond donors (Lipinski definition) is 1. The molecule has 16 heavy (non-hydrogen) atoms. The summed E-state index contributed by atoms with van der Waals surface area (Å²) in [7, 11) is 1.57. The number of rotatable bonds is 5. The van der Waals surface area contributed by atoms with Gasteiger partial charge in [0.1, 0.15) is 11.5 Å². The van der Waals surface area contributed by atoms with Gasteiger partial charge in [-0.05, 0) is 37.6 Å². The molecule has 4 nitrogen and oxygen atoms in total. The van der Waals surface area contributed by atoms with Crippen LogP contribution < -0.4 is 9.47 Å². The van der Waals surface area contributed by atoms with E-state index < -0.39 is 11.6 Å². The van der Waals surface area contributed by atoms with Crippen LogP contribution in [0.2, 0.25) is 0 Å². The Morgan fingerprint density at radius 1 is 1.31 bits per heavy atom. The first-order valence-corrected chi connectivity index (χ1v) is 5.08. The molecule has 0 amide bonds. The Kier molecular flexibility index (Phi) is 3.77. The Labute approximate surface area is 94.8 Å². The second kappa shape index (κ2) is 4.88. The zero-order valence-electron chi connectivity index (χ0n) is 9.69. The minimum absolute atomic E-state index is 0.397. The zero-order chi connectivity index (χ0) is 12.2. The van der Waals surface area contributed by atoms with Crippen LogP contribution in [-0.4, -0.2) is 23.8 Å². The minimum Gasteiger partial charge on any atom is -0.497 e. The van der Waals surface area contributed by atoms with Gasteiger partial charge in [-0.15, -0.1) is 0 Å². The van der Waals surface area contributed by atoms with E-state index in [2.05, 4.69) is 0 Å². The SMILES string of the molecule is CCC(C)(Oc1ccc(OC)cc1)C(=O)O. The number of aliphatic carboxylic acids is 1. The molecule has 0 bridgehead atoms. The van der Waals surface area contributed by atoms with E-state index in [0.29, 0.717) is 17.9 Å². The van der Waals surface area contributed by atoms with Crippen LogP contribution in [0.1, 0.15) is 20.3 Å². The maximum absolute atomic E-state index is 11.0. The highest BCUT2D eigenvalue weighted by atomic mass is 16.5. The summed E-state index contributed by atoms with van der Waals surface area (Å²) in [6.45, 7) is 3.33. The lowest BCUT2D eigenvalue weighted by atomic mass is 10.0. The van der Waals surface area contributed by atoms with Gasteiger partial charge in [0.25, 0.3) is 0 Å². The summed E-state index contributed by atoms with van der Waals surface area (Å²) in [5.74, 6) is 0.263. The fourth-order valence-corrected chi connectivity index (χ4v) is 1.17. The van der Waals surface area contributed by atoms with Crippen molar-refractivity contribution in [1.82, 2.24) is 0 Å². The van der Waals surface area contributed by atoms with Crippen LogP contribution in [-0.2, 0) is 4.79 Å². The van der Waals surface area contributed by atoms with Crippen LogP contribution in [0.5, 0.6) is 11.5 Å². The van der Waals surface area contributed by atoms with Crippen molar-refractivity contribution >= 4 is 5.97 Å². The van der Waals surface area contributed by atoms with Crippen molar-refractivity contribution in [2.45, 2.75) is 25.9 Å². The van der Waals surface area contributed by atoms with Gasteiger partial charge in [0, 0.05) is 0 Å². The molecule has 0 fully saturated rings. The Bertz CT molecular complexity index is 358. The van der Waals surface area contributed by atoms with Gasteiger partial charge >= 0.3 is 5.97 Å². The number of methoxy groups -OCH3 is 1. The molecule has 0 spiro atoms. The molecule has 1 aromatic carbocycles. The average Bonchev–Trinajstić information content (AvgIpc) is 2.29. The van der Waals surface area contributed by atoms with Crippen molar-refractivity contribution in [3.63, 3.8) is 0 Å². The Morgan fingerprint density at radius 2 is 1.81 bits per heavy atom. The largest absolute Gasteiger partial charge is 0.497 e. The third-order valence-corrected chi connectivity index (χ3v) is 2.53. The molecule has 1 N–H and O–H groups in total. The quantitative estimate of drug-likeness (QED) is 0.834. The molecule has 1 unspecified atom stereocenters. The molecule has 1 atom stereocenters. The third-order valence-electron chi connectivity index (χ3n) is 2.53. The second-order valence-corrected chi connectivity index (χ2v) is 3.67. The van der Waals surface area contributed by atoms with Gasteiger partial charge in [-0.2, -0.15) is 0 Å². The molecule has 88 valence electrons. The third kappa shape index (κ3) is 2.66. The Hall–Kier alpha value is -1.71. The predicted octanol–water partition coefficient (Wildman–Crippen LogP) is 2.33. The van der Waals surface area contributed by atoms with E-state index in [1.807, 2.05) is 0 Å². The summed E-state index contributed by atoms with van der Waals surface area (Å²) in [5.41, 5.74) is -1.19. The molecule has 0 aliphatic carbocycles. The maximum atomic E-state index is 11.0. The number of hydrogen-bond acceptors (Lipinski definition) is 3. The van der Waals surface area contributed by atoms with Gasteiger partial charge in [-0.25, -0.2) is 4.79 Å². The molecule has 0 radical (unpaired) electrons. The van der Waals surface area contributed by atoms with E-state index in [1.165, 1.54) is 0 Å². The summed E-state index contributed by atoms with van der Waals surface area (Å²) >= 11 is 0. The molecule has 4 heteroatoms. The molecular formula is C12H16O4. The molecular weight excluding hydrogens is 208 g/mol. The van der Waals surface area contributed by atoms with E-state index in [1.54, 1.807) is 45.2 Å². The second-order valence-electron chi connectivity index (χ2n) is 3.67. The van der Waals surface area contributed by atoms with Gasteiger partial charge in [0.05, 0.1) is 7.11 Å². The monoisotopic (exact) mass is 224 g/mol. The normalized spacial score (nSPS) is 13.9. The number of ether oxygens (including phenoxy) is 2. The molecule has 0 aliphatic rings. The first kappa shape index (κ1) is 12.4. The van der Waals surface area contributed by atoms with E-state index in [9.17, 15) is 4.79 Å². The highest BCUT2D eigenvalue weighted by Gasteiger charge is 2.33. The van der Waals surface area contributed by atoms with E-state index >= 15 is 0 Å². The molecule has 0 heterocycles. The molecule has 0 aromatic heterocycles. The Balaban J connectivity index is 2.82. The van der Waals surface area contributed by atoms with Gasteiger partial charge in [-0.3, -0.25) is 0 Å². The fraction of sp³-hybridized carbons (Fsp3) is 0.417. The van der Waals surface area contributed by atoms with Crippen LogP contribution in [0.15, 0.2) is 24.3 Å². The van der Waals surface area contributed by atoms with E-state index in [-0.39, 0.29) is 0 Å². The summed E-state index contributed by atoms with van der Waals surface area (Å²) < 4.78 is 10.5. The zero-order valence-corrected chi connectivity index (χ0v) is 9.69. The predicted molar refractivity (Wildman–Crippen MR) is 60.0 cm³/mol. The topological polar surface area (TPSA) is 55.8 Å². The van der Waals surface area contributed by atoms with Crippen molar-refractivity contribution in [2.75, 3.05) is 7.11 Å². The summed E-state index contributed by atoms with van der Waals surface area (Å²) in [6.07, 6.45) is 0.397. The van der Waals surface area contributed by atoms with Crippen LogP contribution in [0, 0.1) is 0 Å². The standard InChI is InChI=1S/C12H16O4/c1-4-12(2,11(13)14)16-10-7-5-9(15-3)6-8-10/h5-8H,4H2,1-3H3,(H,13,14). The molecule has 0 saturated carbocycles. The van der Waals surface area contributed by atoms with E-state index in [0.717, 1.165) is 0 Å². The van der Waals surface area contributed by atoms with Crippen LogP contribution in [0.4, 0.5) is 0 Å². The first-order valence-electron chi connectivity index (χ1n) is 5.08. The number of carboxylic acid groups (broad SMARTS) is 1. The molecule has 0 saturated heterocycles. The summed E-state index contributed by atoms with van der Waals surface area (Å²) in [4.78, 5) is 11.0. The van der Waals surface area contributed by atoms with Crippen molar-refractivity contribution in [3.05, 3.63) is 24.3 Å². The highest BCUT2D eigenvalue weighted by Crippen LogP contribution is 2.23. The summed E-state index contributed by atoms with van der Waals surface area (Å²) in [6, 6.07) is 6.84. The lowest BCUT2D eigenvalue weighted by Crippen LogP contribution is -2.40. The lowest BCUT2D eigenvalue weighted by Gasteiger charge is -2.24. The maximum Gasteiger partial charge on any atom is 0.347 e. The minimum atomic E-state index is -1.19. The van der Waals surface area contributed by atoms with E-state index in [4.69, 9.17) is 14.6 Å². The molecule has 1 aromatic rings. The summed E-state index contributed by atoms with van der Waals surface area (Å²) in [5, 5.41) is 9.04. The van der Waals surface area contributed by atoms with Crippen molar-refractivity contribution < 1.29 is 19.4 Å². The van der Waals surface area contributed by atoms with Gasteiger partial charge < -0.3 is 14.6 Å². The number of benzene rings is 1. The average molecular weight is 224 g/mol. The van der Waals surface area contributed by atoms with Gasteiger partial charge in [0.15, 0.2) is 0 Å². The fourth-order valence-electron chi connectivity index (χ4n) is 1.17. The Morgan fingerprint density at radius 3 is 2.19 bits per heavy atom. The highest BCUT2D eigenvalue weighted by molar-refractivity contribution is 5.77. The molecule has 1 rings (SSSR count). The van der Waals surface area contributed by atoms with Crippen molar-refractivity contribution in [3.8, 4) is 11.5 Å². The number of carbonyl (C=O) groups is 1. The van der Waals surface area contributed by atoms with Crippen LogP contribution in [0.3, 0.4) is 0 Å². The first-order chi connectivity index (χ1) is 7.51. The lowest BCUT2D eigenvalue weighted by molar-refractivity contribution is -0.154. The van der Waals surface area contributed by atoms with Gasteiger partial charge in [-0.1, -0.05) is 6.92 Å². The van der Waals surface area contributed by atoms with Crippen LogP contribution in [0.25, 0.3) is 0 Å². The smallest absolute Gasteiger partial charge is 0.347 e. The number of carboxylic acids is 1. The van der Waals surface area contributed by atoms with Crippen molar-refractivity contribution in [2.24, 2.45) is 0 Å². The van der Waals surface area contributed by atoms with Crippen LogP contribution >= 0.6 is 0 Å². The van der Waals surface area contributed by atoms with Gasteiger partial charge in [0.2, 0.25) is 5.60 Å². The van der Waals surface area contributed by atoms with Crippen molar-refractivity contribution in [1.29, 1.82) is 0 Å². The molecule has 0 aliphatic heterocycles.